The predicted octanol–water partition coefficient (Wildman–Crippen LogP) is 3.28. The highest BCUT2D eigenvalue weighted by Crippen LogP contribution is 2.22. The lowest BCUT2D eigenvalue weighted by Gasteiger charge is -2.29. The molecular formula is C22H22N4O. The van der Waals surface area contributed by atoms with Crippen LogP contribution in [0.1, 0.15) is 32.7 Å². The summed E-state index contributed by atoms with van der Waals surface area (Å²) >= 11 is 0. The number of anilines is 1. The van der Waals surface area contributed by atoms with Crippen molar-refractivity contribution >= 4 is 11.7 Å². The van der Waals surface area contributed by atoms with Crippen LogP contribution in [-0.2, 0) is 19.5 Å². The van der Waals surface area contributed by atoms with Gasteiger partial charge in [-0.05, 0) is 30.0 Å². The number of aromatic nitrogens is 2. The fourth-order valence-electron chi connectivity index (χ4n) is 3.39. The predicted molar refractivity (Wildman–Crippen MR) is 106 cm³/mol. The number of amides is 1. The van der Waals surface area contributed by atoms with Gasteiger partial charge in [0.05, 0.1) is 12.4 Å². The number of carbonyl (C=O) groups is 1. The van der Waals surface area contributed by atoms with Crippen molar-refractivity contribution in [3.63, 3.8) is 0 Å². The fraction of sp³-hybridized carbons (Fsp3) is 0.227. The molecule has 0 spiro atoms. The maximum atomic E-state index is 12.3. The lowest BCUT2D eigenvalue weighted by atomic mass is 10.0. The lowest BCUT2D eigenvalue weighted by Crippen LogP contribution is -2.31. The summed E-state index contributed by atoms with van der Waals surface area (Å²) in [5, 5.41) is 2.90. The second-order valence-corrected chi connectivity index (χ2v) is 6.87. The molecule has 0 bridgehead atoms. The van der Waals surface area contributed by atoms with E-state index in [2.05, 4.69) is 50.5 Å². The third-order valence-electron chi connectivity index (χ3n) is 4.86. The molecule has 1 aliphatic heterocycles. The second-order valence-electron chi connectivity index (χ2n) is 6.87. The van der Waals surface area contributed by atoms with Gasteiger partial charge in [-0.1, -0.05) is 54.1 Å². The number of hydrogen-bond donors (Lipinski definition) is 1. The highest BCUT2D eigenvalue weighted by Gasteiger charge is 2.18. The molecule has 0 aliphatic carbocycles. The first-order valence-electron chi connectivity index (χ1n) is 9.16. The maximum absolute atomic E-state index is 12.3. The van der Waals surface area contributed by atoms with Crippen molar-refractivity contribution in [1.82, 2.24) is 15.3 Å². The van der Waals surface area contributed by atoms with Crippen LogP contribution in [0.5, 0.6) is 0 Å². The van der Waals surface area contributed by atoms with E-state index in [1.165, 1.54) is 16.7 Å². The Morgan fingerprint density at radius 3 is 2.70 bits per heavy atom. The zero-order valence-electron chi connectivity index (χ0n) is 15.4. The van der Waals surface area contributed by atoms with Gasteiger partial charge in [0.1, 0.15) is 11.5 Å². The lowest BCUT2D eigenvalue weighted by molar-refractivity contribution is 0.0945. The van der Waals surface area contributed by atoms with Gasteiger partial charge in [0.2, 0.25) is 0 Å². The van der Waals surface area contributed by atoms with Gasteiger partial charge < -0.3 is 10.2 Å². The molecule has 5 nitrogen and oxygen atoms in total. The normalized spacial score (nSPS) is 13.1. The Morgan fingerprint density at radius 1 is 1.07 bits per heavy atom. The number of fused-ring (bicyclic) bond motifs is 1. The molecule has 2 aromatic carbocycles. The largest absolute Gasteiger partial charge is 0.351 e. The number of aryl methyl sites for hydroxylation is 1. The minimum Gasteiger partial charge on any atom is -0.351 e. The summed E-state index contributed by atoms with van der Waals surface area (Å²) < 4.78 is 0. The minimum atomic E-state index is -0.209. The molecule has 0 radical (unpaired) electrons. The number of benzene rings is 2. The Morgan fingerprint density at radius 2 is 1.93 bits per heavy atom. The van der Waals surface area contributed by atoms with Gasteiger partial charge in [0.15, 0.2) is 0 Å². The van der Waals surface area contributed by atoms with Gasteiger partial charge >= 0.3 is 0 Å². The fourth-order valence-corrected chi connectivity index (χ4v) is 3.39. The average molecular weight is 358 g/mol. The van der Waals surface area contributed by atoms with Crippen LogP contribution in [0.25, 0.3) is 0 Å². The molecule has 1 amide bonds. The quantitative estimate of drug-likeness (QED) is 0.778. The van der Waals surface area contributed by atoms with E-state index in [0.29, 0.717) is 12.2 Å². The van der Waals surface area contributed by atoms with Crippen LogP contribution in [0.2, 0.25) is 0 Å². The highest BCUT2D eigenvalue weighted by molar-refractivity contribution is 5.91. The molecule has 27 heavy (non-hydrogen) atoms. The zero-order chi connectivity index (χ0) is 18.6. The summed E-state index contributed by atoms with van der Waals surface area (Å²) in [5.41, 5.74) is 5.30. The molecule has 3 aromatic rings. The van der Waals surface area contributed by atoms with Crippen LogP contribution in [0, 0.1) is 6.92 Å². The molecule has 136 valence electrons. The first-order chi connectivity index (χ1) is 13.2. The van der Waals surface area contributed by atoms with Gasteiger partial charge in [-0.15, -0.1) is 0 Å². The van der Waals surface area contributed by atoms with Crippen molar-refractivity contribution in [3.8, 4) is 0 Å². The third-order valence-corrected chi connectivity index (χ3v) is 4.86. The van der Waals surface area contributed by atoms with Crippen molar-refractivity contribution in [1.29, 1.82) is 0 Å². The SMILES string of the molecule is Cc1cccc(CNC(=O)c2cnc(N3CCc4ccccc4C3)cn2)c1. The van der Waals surface area contributed by atoms with Gasteiger partial charge in [-0.3, -0.25) is 4.79 Å². The van der Waals surface area contributed by atoms with Gasteiger partial charge in [-0.25, -0.2) is 9.97 Å². The topological polar surface area (TPSA) is 58.1 Å². The zero-order valence-corrected chi connectivity index (χ0v) is 15.4. The Kier molecular flexibility index (Phi) is 4.83. The molecular weight excluding hydrogens is 336 g/mol. The summed E-state index contributed by atoms with van der Waals surface area (Å²) in [6, 6.07) is 16.6. The van der Waals surface area contributed by atoms with Crippen LogP contribution >= 0.6 is 0 Å². The number of nitrogens with zero attached hydrogens (tertiary/aromatic N) is 3. The molecule has 0 unspecified atom stereocenters. The summed E-state index contributed by atoms with van der Waals surface area (Å²) in [6.45, 7) is 4.25. The number of rotatable bonds is 4. The van der Waals surface area contributed by atoms with E-state index >= 15 is 0 Å². The smallest absolute Gasteiger partial charge is 0.271 e. The monoisotopic (exact) mass is 358 g/mol. The summed E-state index contributed by atoms with van der Waals surface area (Å²) in [7, 11) is 0. The number of hydrogen-bond acceptors (Lipinski definition) is 4. The molecule has 0 saturated heterocycles. The second kappa shape index (κ2) is 7.58. The van der Waals surface area contributed by atoms with Crippen molar-refractivity contribution in [2.75, 3.05) is 11.4 Å². The average Bonchev–Trinajstić information content (AvgIpc) is 2.72. The standard InChI is InChI=1S/C22H22N4O/c1-16-5-4-6-17(11-16)12-25-22(27)20-13-24-21(14-23-20)26-10-9-18-7-2-3-8-19(18)15-26/h2-8,11,13-14H,9-10,12,15H2,1H3,(H,25,27). The van der Waals surface area contributed by atoms with Crippen LogP contribution in [0.3, 0.4) is 0 Å². The molecule has 0 atom stereocenters. The Bertz CT molecular complexity index is 953. The molecule has 1 aromatic heterocycles. The first kappa shape index (κ1) is 17.2. The summed E-state index contributed by atoms with van der Waals surface area (Å²) in [4.78, 5) is 23.3. The molecule has 2 heterocycles. The Balaban J connectivity index is 1.39. The molecule has 1 aliphatic rings. The van der Waals surface area contributed by atoms with E-state index in [9.17, 15) is 4.79 Å². The van der Waals surface area contributed by atoms with E-state index in [4.69, 9.17) is 0 Å². The molecule has 5 heteroatoms. The van der Waals surface area contributed by atoms with Crippen molar-refractivity contribution < 1.29 is 4.79 Å². The van der Waals surface area contributed by atoms with Crippen LogP contribution in [-0.4, -0.2) is 22.4 Å². The van der Waals surface area contributed by atoms with E-state index in [1.807, 2.05) is 25.1 Å². The molecule has 4 rings (SSSR count). The van der Waals surface area contributed by atoms with E-state index in [0.717, 1.165) is 30.9 Å². The molecule has 0 fully saturated rings. The number of carbonyl (C=O) groups excluding carboxylic acids is 1. The van der Waals surface area contributed by atoms with Crippen molar-refractivity contribution in [2.24, 2.45) is 0 Å². The maximum Gasteiger partial charge on any atom is 0.271 e. The van der Waals surface area contributed by atoms with E-state index < -0.39 is 0 Å². The third kappa shape index (κ3) is 3.97. The molecule has 1 N–H and O–H groups in total. The summed E-state index contributed by atoms with van der Waals surface area (Å²) in [6.07, 6.45) is 4.24. The molecule has 0 saturated carbocycles. The van der Waals surface area contributed by atoms with Gasteiger partial charge in [0.25, 0.3) is 5.91 Å². The number of nitrogens with one attached hydrogen (secondary N) is 1. The van der Waals surface area contributed by atoms with Gasteiger partial charge in [-0.2, -0.15) is 0 Å². The van der Waals surface area contributed by atoms with Gasteiger partial charge in [0, 0.05) is 19.6 Å². The first-order valence-corrected chi connectivity index (χ1v) is 9.16. The Hall–Kier alpha value is -3.21. The van der Waals surface area contributed by atoms with Crippen molar-refractivity contribution in [2.45, 2.75) is 26.4 Å². The summed E-state index contributed by atoms with van der Waals surface area (Å²) in [5.74, 6) is 0.597. The van der Waals surface area contributed by atoms with E-state index in [1.54, 1.807) is 12.4 Å². The Labute approximate surface area is 159 Å². The van der Waals surface area contributed by atoms with Crippen molar-refractivity contribution in [3.05, 3.63) is 88.9 Å². The van der Waals surface area contributed by atoms with Crippen LogP contribution in [0.4, 0.5) is 5.82 Å². The van der Waals surface area contributed by atoms with Crippen LogP contribution < -0.4 is 10.2 Å². The van der Waals surface area contributed by atoms with E-state index in [-0.39, 0.29) is 5.91 Å². The van der Waals surface area contributed by atoms with Crippen LogP contribution in [0.15, 0.2) is 60.9 Å². The minimum absolute atomic E-state index is 0.209. The highest BCUT2D eigenvalue weighted by atomic mass is 16.1.